The normalized spacial score (nSPS) is 20.3. The second-order valence-corrected chi connectivity index (χ2v) is 9.36. The molecule has 0 spiro atoms. The predicted octanol–water partition coefficient (Wildman–Crippen LogP) is 6.22. The molecule has 1 aliphatic carbocycles. The molecule has 1 aromatic carbocycles. The number of halogens is 1. The fraction of sp³-hybridized carbons (Fsp3) is 0.423. The summed E-state index contributed by atoms with van der Waals surface area (Å²) in [6, 6.07) is 8.63. The number of carboxylic acid groups (broad SMARTS) is 1. The number of nitrogens with zero attached hydrogens (tertiary/aromatic N) is 1. The summed E-state index contributed by atoms with van der Waals surface area (Å²) in [7, 11) is 0. The minimum absolute atomic E-state index is 0.574. The summed E-state index contributed by atoms with van der Waals surface area (Å²) < 4.78 is 0. The molecule has 1 aromatic rings. The van der Waals surface area contributed by atoms with Crippen molar-refractivity contribution in [2.45, 2.75) is 46.5 Å². The van der Waals surface area contributed by atoms with Crippen molar-refractivity contribution in [1.82, 2.24) is 4.90 Å². The summed E-state index contributed by atoms with van der Waals surface area (Å²) >= 11 is 6.34. The first-order valence-electron chi connectivity index (χ1n) is 10.7. The Labute approximate surface area is 185 Å². The van der Waals surface area contributed by atoms with Gasteiger partial charge in [-0.05, 0) is 80.4 Å². The molecule has 30 heavy (non-hydrogen) atoms. The summed E-state index contributed by atoms with van der Waals surface area (Å²) in [5, 5.41) is 10.2. The lowest BCUT2D eigenvalue weighted by Gasteiger charge is -2.34. The maximum atomic E-state index is 11.5. The molecule has 0 bridgehead atoms. The van der Waals surface area contributed by atoms with Crippen LogP contribution in [0.15, 0.2) is 64.7 Å². The van der Waals surface area contributed by atoms with Crippen LogP contribution in [0.1, 0.15) is 51.2 Å². The van der Waals surface area contributed by atoms with Gasteiger partial charge in [-0.1, -0.05) is 54.1 Å². The molecule has 3 rings (SSSR count). The van der Waals surface area contributed by atoms with Crippen molar-refractivity contribution in [2.75, 3.05) is 19.6 Å². The van der Waals surface area contributed by atoms with Crippen molar-refractivity contribution in [3.63, 3.8) is 0 Å². The second-order valence-electron chi connectivity index (χ2n) is 8.92. The van der Waals surface area contributed by atoms with Crippen LogP contribution in [0.2, 0.25) is 0 Å². The zero-order valence-electron chi connectivity index (χ0n) is 18.3. The van der Waals surface area contributed by atoms with E-state index in [1.54, 1.807) is 13.8 Å². The van der Waals surface area contributed by atoms with Crippen LogP contribution in [0.5, 0.6) is 0 Å². The van der Waals surface area contributed by atoms with Crippen LogP contribution in [-0.4, -0.2) is 35.6 Å². The third-order valence-corrected chi connectivity index (χ3v) is 6.57. The number of likely N-dealkylation sites (tertiary alicyclic amines) is 1. The Kier molecular flexibility index (Phi) is 7.05. The highest BCUT2D eigenvalue weighted by atomic mass is 35.5. The van der Waals surface area contributed by atoms with Crippen molar-refractivity contribution in [3.05, 3.63) is 75.9 Å². The van der Waals surface area contributed by atoms with Crippen LogP contribution in [-0.2, 0) is 11.2 Å². The average molecular weight is 426 g/mol. The number of carboxylic acids is 1. The van der Waals surface area contributed by atoms with Crippen molar-refractivity contribution in [2.24, 2.45) is 5.41 Å². The molecule has 0 amide bonds. The summed E-state index contributed by atoms with van der Waals surface area (Å²) in [5.41, 5.74) is 6.88. The molecular weight excluding hydrogens is 394 g/mol. The summed E-state index contributed by atoms with van der Waals surface area (Å²) in [4.78, 5) is 13.8. The van der Waals surface area contributed by atoms with Crippen molar-refractivity contribution in [1.29, 1.82) is 0 Å². The van der Waals surface area contributed by atoms with E-state index >= 15 is 0 Å². The highest BCUT2D eigenvalue weighted by Gasteiger charge is 2.31. The molecular formula is C26H32ClNO2. The molecule has 0 radical (unpaired) electrons. The zero-order valence-corrected chi connectivity index (χ0v) is 19.1. The Morgan fingerprint density at radius 3 is 2.50 bits per heavy atom. The first-order chi connectivity index (χ1) is 14.2. The quantitative estimate of drug-likeness (QED) is 0.582. The third kappa shape index (κ3) is 4.96. The number of rotatable bonds is 4. The molecule has 1 N–H and O–H groups in total. The first kappa shape index (κ1) is 22.6. The van der Waals surface area contributed by atoms with Gasteiger partial charge in [0.05, 0.1) is 5.41 Å². The summed E-state index contributed by atoms with van der Waals surface area (Å²) in [6.07, 6.45) is 7.74. The molecule has 160 valence electrons. The van der Waals surface area contributed by atoms with Crippen molar-refractivity contribution >= 4 is 23.1 Å². The molecule has 0 aromatic heterocycles. The minimum Gasteiger partial charge on any atom is -0.481 e. The largest absolute Gasteiger partial charge is 0.481 e. The maximum absolute atomic E-state index is 11.5. The topological polar surface area (TPSA) is 40.5 Å². The van der Waals surface area contributed by atoms with Crippen LogP contribution in [0.3, 0.4) is 0 Å². The maximum Gasteiger partial charge on any atom is 0.310 e. The predicted molar refractivity (Wildman–Crippen MR) is 126 cm³/mol. The van der Waals surface area contributed by atoms with Gasteiger partial charge in [0.25, 0.3) is 0 Å². The highest BCUT2D eigenvalue weighted by molar-refractivity contribution is 6.31. The monoisotopic (exact) mass is 425 g/mol. The SMILES string of the molecule is C=C1C(=C2CCN(CC(C)(C)C(=O)O)CC2)c2ccccc2CC/C1=C/C(Cl)=C\C. The number of hydrogen-bond acceptors (Lipinski definition) is 2. The van der Waals surface area contributed by atoms with E-state index in [4.69, 9.17) is 11.6 Å². The lowest BCUT2D eigenvalue weighted by atomic mass is 9.85. The third-order valence-electron chi connectivity index (χ3n) is 6.24. The molecule has 3 nitrogen and oxygen atoms in total. The molecule has 1 fully saturated rings. The Bertz CT molecular complexity index is 926. The van der Waals surface area contributed by atoms with E-state index in [0.717, 1.165) is 49.4 Å². The van der Waals surface area contributed by atoms with Gasteiger partial charge < -0.3 is 10.0 Å². The number of allylic oxidation sites excluding steroid dienone is 6. The van der Waals surface area contributed by atoms with Gasteiger partial charge in [-0.2, -0.15) is 0 Å². The lowest BCUT2D eigenvalue weighted by Crippen LogP contribution is -2.42. The fourth-order valence-electron chi connectivity index (χ4n) is 4.40. The molecule has 2 aliphatic rings. The average Bonchev–Trinajstić information content (AvgIpc) is 2.85. The number of hydrogen-bond donors (Lipinski definition) is 1. The number of carbonyl (C=O) groups is 1. The van der Waals surface area contributed by atoms with E-state index in [1.807, 2.05) is 13.0 Å². The molecule has 0 atom stereocenters. The smallest absolute Gasteiger partial charge is 0.310 e. The van der Waals surface area contributed by atoms with Crippen LogP contribution in [0.25, 0.3) is 5.57 Å². The number of piperidine rings is 1. The number of fused-ring (bicyclic) bond motifs is 1. The molecule has 1 saturated heterocycles. The van der Waals surface area contributed by atoms with Gasteiger partial charge in [0.15, 0.2) is 0 Å². The van der Waals surface area contributed by atoms with Crippen LogP contribution >= 0.6 is 11.6 Å². The molecule has 1 heterocycles. The van der Waals surface area contributed by atoms with Gasteiger partial charge in [-0.25, -0.2) is 0 Å². The van der Waals surface area contributed by atoms with E-state index in [1.165, 1.54) is 27.8 Å². The zero-order chi connectivity index (χ0) is 21.9. The van der Waals surface area contributed by atoms with Gasteiger partial charge >= 0.3 is 5.97 Å². The summed E-state index contributed by atoms with van der Waals surface area (Å²) in [6.45, 7) is 12.4. The van der Waals surface area contributed by atoms with Crippen LogP contribution in [0, 0.1) is 5.41 Å². The number of aryl methyl sites for hydroxylation is 1. The number of benzene rings is 1. The van der Waals surface area contributed by atoms with Crippen molar-refractivity contribution < 1.29 is 9.90 Å². The lowest BCUT2D eigenvalue weighted by molar-refractivity contribution is -0.148. The van der Waals surface area contributed by atoms with E-state index < -0.39 is 11.4 Å². The summed E-state index contributed by atoms with van der Waals surface area (Å²) in [5.74, 6) is -0.742. The first-order valence-corrected chi connectivity index (χ1v) is 11.1. The van der Waals surface area contributed by atoms with Gasteiger partial charge in [-0.15, -0.1) is 0 Å². The molecule has 0 saturated carbocycles. The Morgan fingerprint density at radius 2 is 1.87 bits per heavy atom. The van der Waals surface area contributed by atoms with Gasteiger partial charge in [0, 0.05) is 24.7 Å². The van der Waals surface area contributed by atoms with Gasteiger partial charge in [0.2, 0.25) is 0 Å². The van der Waals surface area contributed by atoms with Crippen molar-refractivity contribution in [3.8, 4) is 0 Å². The van der Waals surface area contributed by atoms with Gasteiger partial charge in [0.1, 0.15) is 0 Å². The second kappa shape index (κ2) is 9.36. The Morgan fingerprint density at radius 1 is 1.20 bits per heavy atom. The van der Waals surface area contributed by atoms with Crippen LogP contribution in [0.4, 0.5) is 0 Å². The molecule has 4 heteroatoms. The fourth-order valence-corrected chi connectivity index (χ4v) is 4.53. The van der Waals surface area contributed by atoms with Crippen LogP contribution < -0.4 is 0 Å². The van der Waals surface area contributed by atoms with E-state index in [9.17, 15) is 9.90 Å². The van der Waals surface area contributed by atoms with E-state index in [-0.39, 0.29) is 0 Å². The molecule has 0 unspecified atom stereocenters. The molecule has 1 aliphatic heterocycles. The van der Waals surface area contributed by atoms with E-state index in [2.05, 4.69) is 41.8 Å². The standard InChI is InChI=1S/C26H32ClNO2/c1-5-22(27)16-21-11-10-19-8-6-7-9-23(19)24(18(21)2)20-12-14-28(15-13-20)17-26(3,4)25(29)30/h5-9,16H,2,10-15,17H2,1,3-4H3,(H,29,30)/b21-16-,22-5+. The van der Waals surface area contributed by atoms with E-state index in [0.29, 0.717) is 6.54 Å². The number of aliphatic carboxylic acids is 1. The Balaban J connectivity index is 1.93. The van der Waals surface area contributed by atoms with Gasteiger partial charge in [-0.3, -0.25) is 4.79 Å². The minimum atomic E-state index is -0.742. The highest BCUT2D eigenvalue weighted by Crippen LogP contribution is 2.41. The Hall–Kier alpha value is -2.10.